The van der Waals surface area contributed by atoms with E-state index in [1.165, 1.54) is 12.8 Å². The molecule has 0 unspecified atom stereocenters. The van der Waals surface area contributed by atoms with Crippen LogP contribution in [0.2, 0.25) is 0 Å². The van der Waals surface area contributed by atoms with Crippen LogP contribution in [-0.4, -0.2) is 11.6 Å². The lowest BCUT2D eigenvalue weighted by atomic mass is 10.1. The van der Waals surface area contributed by atoms with E-state index in [1.54, 1.807) is 18.3 Å². The molecule has 1 aromatic carbocycles. The summed E-state index contributed by atoms with van der Waals surface area (Å²) in [6.07, 6.45) is 9.47. The Bertz CT molecular complexity index is 637. The fourth-order valence-corrected chi connectivity index (χ4v) is 2.00. The van der Waals surface area contributed by atoms with E-state index in [9.17, 15) is 0 Å². The number of allylic oxidation sites excluding steroid dienone is 1. The minimum Gasteiger partial charge on any atom is -0.488 e. The van der Waals surface area contributed by atoms with Crippen molar-refractivity contribution in [2.75, 3.05) is 6.61 Å². The van der Waals surface area contributed by atoms with E-state index >= 15 is 0 Å². The fourth-order valence-electron chi connectivity index (χ4n) is 2.00. The highest BCUT2D eigenvalue weighted by Crippen LogP contribution is 2.19. The summed E-state index contributed by atoms with van der Waals surface area (Å²) in [5.41, 5.74) is 2.51. The smallest absolute Gasteiger partial charge is 0.138 e. The monoisotopic (exact) mass is 292 g/mol. The molecule has 3 heteroatoms. The van der Waals surface area contributed by atoms with Gasteiger partial charge in [0.1, 0.15) is 12.4 Å². The standard InChI is InChI=1S/C19H20N2O/c1-2-3-4-5-6-13-22-18-11-12-19(21-15-18)17-9-7-16(14-20)8-10-17/h5-12,15H,2-4,13H2,1H3/b6-5+. The Kier molecular flexibility index (Phi) is 6.19. The molecule has 0 saturated heterocycles. The van der Waals surface area contributed by atoms with E-state index in [0.717, 1.165) is 23.4 Å². The Morgan fingerprint density at radius 1 is 1.14 bits per heavy atom. The third-order valence-corrected chi connectivity index (χ3v) is 3.28. The third kappa shape index (κ3) is 4.75. The van der Waals surface area contributed by atoms with Gasteiger partial charge in [-0.25, -0.2) is 0 Å². The minimum absolute atomic E-state index is 0.571. The molecule has 1 heterocycles. The van der Waals surface area contributed by atoms with Crippen molar-refractivity contribution >= 4 is 0 Å². The summed E-state index contributed by atoms with van der Waals surface area (Å²) in [5, 5.41) is 8.80. The van der Waals surface area contributed by atoms with Crippen molar-refractivity contribution in [1.82, 2.24) is 4.98 Å². The summed E-state index contributed by atoms with van der Waals surface area (Å²) < 4.78 is 5.62. The van der Waals surface area contributed by atoms with Gasteiger partial charge in [-0.15, -0.1) is 0 Å². The van der Waals surface area contributed by atoms with Gasteiger partial charge in [-0.1, -0.05) is 44.1 Å². The Balaban J connectivity index is 1.89. The molecule has 0 aliphatic rings. The molecule has 0 amide bonds. The maximum absolute atomic E-state index is 8.80. The zero-order chi connectivity index (χ0) is 15.6. The van der Waals surface area contributed by atoms with Crippen LogP contribution in [0.1, 0.15) is 31.7 Å². The van der Waals surface area contributed by atoms with E-state index in [1.807, 2.05) is 30.3 Å². The van der Waals surface area contributed by atoms with E-state index < -0.39 is 0 Å². The number of ether oxygens (including phenoxy) is 1. The second kappa shape index (κ2) is 8.63. The molecule has 0 spiro atoms. The van der Waals surface area contributed by atoms with Gasteiger partial charge in [0, 0.05) is 5.56 Å². The average Bonchev–Trinajstić information content (AvgIpc) is 2.59. The third-order valence-electron chi connectivity index (χ3n) is 3.28. The van der Waals surface area contributed by atoms with Crippen LogP contribution in [0.4, 0.5) is 0 Å². The molecule has 0 aliphatic heterocycles. The van der Waals surface area contributed by atoms with E-state index in [-0.39, 0.29) is 0 Å². The lowest BCUT2D eigenvalue weighted by molar-refractivity contribution is 0.361. The number of unbranched alkanes of at least 4 members (excludes halogenated alkanes) is 2. The molecule has 2 rings (SSSR count). The number of pyridine rings is 1. The van der Waals surface area contributed by atoms with Crippen LogP contribution in [0.25, 0.3) is 11.3 Å². The number of nitrogens with zero attached hydrogens (tertiary/aromatic N) is 2. The number of benzene rings is 1. The minimum atomic E-state index is 0.571. The van der Waals surface area contributed by atoms with Crippen LogP contribution in [0, 0.1) is 11.3 Å². The van der Waals surface area contributed by atoms with Gasteiger partial charge < -0.3 is 4.74 Å². The molecule has 0 N–H and O–H groups in total. The summed E-state index contributed by atoms with van der Waals surface area (Å²) in [4.78, 5) is 4.40. The summed E-state index contributed by atoms with van der Waals surface area (Å²) in [6, 6.07) is 13.3. The van der Waals surface area contributed by atoms with Crippen molar-refractivity contribution in [1.29, 1.82) is 5.26 Å². The number of rotatable bonds is 7. The van der Waals surface area contributed by atoms with Gasteiger partial charge in [0.15, 0.2) is 0 Å². The van der Waals surface area contributed by atoms with Gasteiger partial charge in [0.05, 0.1) is 23.5 Å². The molecule has 0 aliphatic carbocycles. The second-order valence-corrected chi connectivity index (χ2v) is 4.99. The number of nitriles is 1. The van der Waals surface area contributed by atoms with E-state index in [2.05, 4.69) is 24.1 Å². The lowest BCUT2D eigenvalue weighted by Crippen LogP contribution is -1.94. The quantitative estimate of drug-likeness (QED) is 0.546. The summed E-state index contributed by atoms with van der Waals surface area (Å²) in [6.45, 7) is 2.76. The van der Waals surface area contributed by atoms with Crippen LogP contribution in [0.15, 0.2) is 54.7 Å². The lowest BCUT2D eigenvalue weighted by Gasteiger charge is -2.05. The number of hydrogen-bond acceptors (Lipinski definition) is 3. The first-order chi connectivity index (χ1) is 10.8. The molecule has 0 fully saturated rings. The molecule has 0 atom stereocenters. The second-order valence-electron chi connectivity index (χ2n) is 4.99. The van der Waals surface area contributed by atoms with Crippen LogP contribution in [0.3, 0.4) is 0 Å². The molecule has 0 bridgehead atoms. The molecule has 2 aromatic rings. The molecule has 112 valence electrons. The van der Waals surface area contributed by atoms with Crippen molar-refractivity contribution in [2.45, 2.75) is 26.2 Å². The molecular weight excluding hydrogens is 272 g/mol. The number of hydrogen-bond donors (Lipinski definition) is 0. The Labute approximate surface area is 131 Å². The predicted octanol–water partition coefficient (Wildman–Crippen LogP) is 4.75. The highest BCUT2D eigenvalue weighted by molar-refractivity contribution is 5.60. The first-order valence-electron chi connectivity index (χ1n) is 7.58. The van der Waals surface area contributed by atoms with E-state index in [0.29, 0.717) is 12.2 Å². The molecule has 0 saturated carbocycles. The predicted molar refractivity (Wildman–Crippen MR) is 88.5 cm³/mol. The zero-order valence-electron chi connectivity index (χ0n) is 12.8. The number of aromatic nitrogens is 1. The summed E-state index contributed by atoms with van der Waals surface area (Å²) in [7, 11) is 0. The van der Waals surface area contributed by atoms with E-state index in [4.69, 9.17) is 10.00 Å². The maximum atomic E-state index is 8.80. The maximum Gasteiger partial charge on any atom is 0.138 e. The van der Waals surface area contributed by atoms with Gasteiger partial charge in [-0.05, 0) is 30.7 Å². The topological polar surface area (TPSA) is 45.9 Å². The molecule has 22 heavy (non-hydrogen) atoms. The fraction of sp³-hybridized carbons (Fsp3) is 0.263. The first-order valence-corrected chi connectivity index (χ1v) is 7.58. The average molecular weight is 292 g/mol. The normalized spacial score (nSPS) is 10.5. The van der Waals surface area contributed by atoms with Crippen molar-refractivity contribution in [3.05, 3.63) is 60.3 Å². The van der Waals surface area contributed by atoms with Crippen molar-refractivity contribution < 1.29 is 4.74 Å². The van der Waals surface area contributed by atoms with Gasteiger partial charge in [-0.3, -0.25) is 4.98 Å². The van der Waals surface area contributed by atoms with Gasteiger partial charge in [0.2, 0.25) is 0 Å². The Morgan fingerprint density at radius 2 is 1.95 bits per heavy atom. The van der Waals surface area contributed by atoms with Crippen molar-refractivity contribution in [3.63, 3.8) is 0 Å². The van der Waals surface area contributed by atoms with Gasteiger partial charge in [-0.2, -0.15) is 5.26 Å². The Morgan fingerprint density at radius 3 is 2.59 bits per heavy atom. The van der Waals surface area contributed by atoms with Gasteiger partial charge >= 0.3 is 0 Å². The first kappa shape index (κ1) is 15.8. The molecular formula is C19H20N2O. The van der Waals surface area contributed by atoms with Crippen LogP contribution < -0.4 is 4.74 Å². The highest BCUT2D eigenvalue weighted by atomic mass is 16.5. The van der Waals surface area contributed by atoms with Gasteiger partial charge in [0.25, 0.3) is 0 Å². The SMILES string of the molecule is CCCC/C=C/COc1ccc(-c2ccc(C#N)cc2)nc1. The largest absolute Gasteiger partial charge is 0.488 e. The van der Waals surface area contributed by atoms with Crippen molar-refractivity contribution in [3.8, 4) is 23.1 Å². The molecule has 3 nitrogen and oxygen atoms in total. The highest BCUT2D eigenvalue weighted by Gasteiger charge is 2.00. The summed E-state index contributed by atoms with van der Waals surface area (Å²) in [5.74, 6) is 0.762. The zero-order valence-corrected chi connectivity index (χ0v) is 12.8. The molecule has 0 radical (unpaired) electrons. The van der Waals surface area contributed by atoms with Crippen LogP contribution in [0.5, 0.6) is 5.75 Å². The van der Waals surface area contributed by atoms with Crippen molar-refractivity contribution in [2.24, 2.45) is 0 Å². The Hall–Kier alpha value is -2.60. The van der Waals surface area contributed by atoms with Crippen LogP contribution in [-0.2, 0) is 0 Å². The summed E-state index contributed by atoms with van der Waals surface area (Å²) >= 11 is 0. The van der Waals surface area contributed by atoms with Crippen LogP contribution >= 0.6 is 0 Å². The molecule has 1 aromatic heterocycles.